The normalized spacial score (nSPS) is 10.3. The lowest BCUT2D eigenvalue weighted by molar-refractivity contribution is 0.395. The number of aryl methyl sites for hydroxylation is 1. The number of hydrogen-bond donors (Lipinski definition) is 2. The van der Waals surface area contributed by atoms with E-state index in [4.69, 9.17) is 9.47 Å². The lowest BCUT2D eigenvalue weighted by atomic mass is 10.1. The van der Waals surface area contributed by atoms with E-state index in [1.165, 1.54) is 11.1 Å². The van der Waals surface area contributed by atoms with Crippen molar-refractivity contribution in [3.05, 3.63) is 65.9 Å². The molecule has 0 spiro atoms. The van der Waals surface area contributed by atoms with Crippen molar-refractivity contribution in [1.82, 2.24) is 9.97 Å². The summed E-state index contributed by atoms with van der Waals surface area (Å²) in [4.78, 5) is 8.78. The first kappa shape index (κ1) is 17.5. The second-order valence-corrected chi connectivity index (χ2v) is 5.80. The molecule has 0 amide bonds. The second kappa shape index (κ2) is 8.20. The van der Waals surface area contributed by atoms with E-state index >= 15 is 0 Å². The largest absolute Gasteiger partial charge is 0.497 e. The molecular formula is C20H22N4O2. The lowest BCUT2D eigenvalue weighted by Crippen LogP contribution is -2.05. The minimum atomic E-state index is 0.559. The predicted octanol–water partition coefficient (Wildman–Crippen LogP) is 4.16. The molecule has 0 atom stereocenters. The van der Waals surface area contributed by atoms with Crippen molar-refractivity contribution in [3.8, 4) is 11.5 Å². The van der Waals surface area contributed by atoms with Gasteiger partial charge in [0.05, 0.1) is 19.9 Å². The van der Waals surface area contributed by atoms with E-state index in [1.54, 1.807) is 20.4 Å². The minimum Gasteiger partial charge on any atom is -0.497 e. The number of hydrogen-bond acceptors (Lipinski definition) is 6. The summed E-state index contributed by atoms with van der Waals surface area (Å²) in [5, 5.41) is 6.50. The topological polar surface area (TPSA) is 68.3 Å². The van der Waals surface area contributed by atoms with E-state index in [0.717, 1.165) is 11.4 Å². The Bertz CT molecular complexity index is 883. The van der Waals surface area contributed by atoms with Crippen LogP contribution in [0.3, 0.4) is 0 Å². The van der Waals surface area contributed by atoms with E-state index in [9.17, 15) is 0 Å². The number of rotatable bonds is 7. The van der Waals surface area contributed by atoms with Crippen LogP contribution < -0.4 is 20.1 Å². The molecule has 0 aliphatic rings. The van der Waals surface area contributed by atoms with Gasteiger partial charge in [0.2, 0.25) is 5.95 Å². The molecule has 0 saturated carbocycles. The summed E-state index contributed by atoms with van der Waals surface area (Å²) in [7, 11) is 3.24. The summed E-state index contributed by atoms with van der Waals surface area (Å²) in [5.74, 6) is 2.65. The monoisotopic (exact) mass is 350 g/mol. The first-order chi connectivity index (χ1) is 12.7. The molecule has 0 unspecified atom stereocenters. The van der Waals surface area contributed by atoms with Crippen molar-refractivity contribution >= 4 is 17.5 Å². The predicted molar refractivity (Wildman–Crippen MR) is 103 cm³/mol. The number of benzene rings is 2. The maximum atomic E-state index is 5.41. The molecule has 2 N–H and O–H groups in total. The molecule has 0 bridgehead atoms. The fourth-order valence-electron chi connectivity index (χ4n) is 2.56. The van der Waals surface area contributed by atoms with Gasteiger partial charge < -0.3 is 20.1 Å². The molecule has 26 heavy (non-hydrogen) atoms. The molecule has 134 valence electrons. The van der Waals surface area contributed by atoms with Crippen LogP contribution in [0.15, 0.2) is 54.7 Å². The Labute approximate surface area is 153 Å². The molecule has 3 aromatic rings. The van der Waals surface area contributed by atoms with Gasteiger partial charge in [-0.1, -0.05) is 29.8 Å². The van der Waals surface area contributed by atoms with Crippen molar-refractivity contribution < 1.29 is 9.47 Å². The fourth-order valence-corrected chi connectivity index (χ4v) is 2.56. The number of nitrogens with one attached hydrogen (secondary N) is 2. The molecule has 0 radical (unpaired) electrons. The molecular weight excluding hydrogens is 328 g/mol. The summed E-state index contributed by atoms with van der Waals surface area (Å²) >= 11 is 0. The molecule has 1 heterocycles. The third-order valence-electron chi connectivity index (χ3n) is 3.86. The molecule has 3 rings (SSSR count). The smallest absolute Gasteiger partial charge is 0.224 e. The number of anilines is 3. The van der Waals surface area contributed by atoms with Gasteiger partial charge in [0, 0.05) is 18.8 Å². The number of aromatic nitrogens is 2. The van der Waals surface area contributed by atoms with Crippen LogP contribution in [0.1, 0.15) is 11.1 Å². The van der Waals surface area contributed by atoms with Gasteiger partial charge in [-0.3, -0.25) is 0 Å². The highest BCUT2D eigenvalue weighted by Gasteiger charge is 2.07. The van der Waals surface area contributed by atoms with Crippen LogP contribution in [0.5, 0.6) is 11.5 Å². The minimum absolute atomic E-state index is 0.559. The van der Waals surface area contributed by atoms with Gasteiger partial charge in [0.15, 0.2) is 0 Å². The van der Waals surface area contributed by atoms with Gasteiger partial charge >= 0.3 is 0 Å². The molecule has 0 fully saturated rings. The van der Waals surface area contributed by atoms with Gasteiger partial charge in [0.1, 0.15) is 17.3 Å². The highest BCUT2D eigenvalue weighted by molar-refractivity contribution is 5.66. The first-order valence-electron chi connectivity index (χ1n) is 8.29. The molecule has 6 heteroatoms. The zero-order chi connectivity index (χ0) is 18.4. The van der Waals surface area contributed by atoms with Crippen molar-refractivity contribution in [3.63, 3.8) is 0 Å². The summed E-state index contributed by atoms with van der Waals surface area (Å²) in [5.41, 5.74) is 3.22. The Morgan fingerprint density at radius 3 is 2.65 bits per heavy atom. The number of methoxy groups -OCH3 is 2. The van der Waals surface area contributed by atoms with Crippen molar-refractivity contribution in [1.29, 1.82) is 0 Å². The Morgan fingerprint density at radius 1 is 1.00 bits per heavy atom. The highest BCUT2D eigenvalue weighted by atomic mass is 16.5. The summed E-state index contributed by atoms with van der Waals surface area (Å²) in [6.45, 7) is 2.74. The maximum Gasteiger partial charge on any atom is 0.224 e. The second-order valence-electron chi connectivity index (χ2n) is 5.80. The van der Waals surface area contributed by atoms with Crippen LogP contribution >= 0.6 is 0 Å². The summed E-state index contributed by atoms with van der Waals surface area (Å²) in [6, 6.07) is 15.7. The van der Waals surface area contributed by atoms with Crippen molar-refractivity contribution in [2.24, 2.45) is 0 Å². The first-order valence-corrected chi connectivity index (χ1v) is 8.29. The van der Waals surface area contributed by atoms with Gasteiger partial charge in [-0.25, -0.2) is 4.98 Å². The Morgan fingerprint density at radius 2 is 1.88 bits per heavy atom. The molecule has 0 saturated heterocycles. The van der Waals surface area contributed by atoms with E-state index in [1.807, 2.05) is 30.3 Å². The third-order valence-corrected chi connectivity index (χ3v) is 3.86. The van der Waals surface area contributed by atoms with E-state index < -0.39 is 0 Å². The fraction of sp³-hybridized carbons (Fsp3) is 0.200. The molecule has 0 aliphatic carbocycles. The highest BCUT2D eigenvalue weighted by Crippen LogP contribution is 2.31. The quantitative estimate of drug-likeness (QED) is 0.667. The Hall–Kier alpha value is -3.28. The maximum absolute atomic E-state index is 5.41. The van der Waals surface area contributed by atoms with Gasteiger partial charge in [0.25, 0.3) is 0 Å². The van der Waals surface area contributed by atoms with E-state index in [0.29, 0.717) is 24.1 Å². The van der Waals surface area contributed by atoms with Crippen LogP contribution in [0, 0.1) is 6.92 Å². The number of ether oxygens (including phenoxy) is 2. The van der Waals surface area contributed by atoms with E-state index in [-0.39, 0.29) is 0 Å². The third kappa shape index (κ3) is 4.42. The molecule has 6 nitrogen and oxygen atoms in total. The van der Waals surface area contributed by atoms with Crippen LogP contribution in [-0.2, 0) is 6.54 Å². The summed E-state index contributed by atoms with van der Waals surface area (Å²) < 4.78 is 10.6. The van der Waals surface area contributed by atoms with Gasteiger partial charge in [-0.15, -0.1) is 0 Å². The average molecular weight is 350 g/mol. The van der Waals surface area contributed by atoms with Gasteiger partial charge in [-0.05, 0) is 30.7 Å². The summed E-state index contributed by atoms with van der Waals surface area (Å²) in [6.07, 6.45) is 1.71. The standard InChI is InChI=1S/C20H22N4O2/c1-14-5-4-6-15(11-14)13-22-20-21-10-9-19(24-20)23-17-8-7-16(25-2)12-18(17)26-3/h4-12H,13H2,1-3H3,(H2,21,22,23,24). The Balaban J connectivity index is 1.71. The SMILES string of the molecule is COc1ccc(Nc2ccnc(NCc3cccc(C)c3)n2)c(OC)c1. The zero-order valence-electron chi connectivity index (χ0n) is 15.1. The van der Waals surface area contributed by atoms with Crippen LogP contribution in [0.4, 0.5) is 17.5 Å². The zero-order valence-corrected chi connectivity index (χ0v) is 15.1. The van der Waals surface area contributed by atoms with Crippen LogP contribution in [-0.4, -0.2) is 24.2 Å². The van der Waals surface area contributed by atoms with Crippen molar-refractivity contribution in [2.75, 3.05) is 24.9 Å². The lowest BCUT2D eigenvalue weighted by Gasteiger charge is -2.12. The molecule has 1 aromatic heterocycles. The van der Waals surface area contributed by atoms with E-state index in [2.05, 4.69) is 45.7 Å². The van der Waals surface area contributed by atoms with Crippen molar-refractivity contribution in [2.45, 2.75) is 13.5 Å². The Kier molecular flexibility index (Phi) is 5.53. The number of nitrogens with zero attached hydrogens (tertiary/aromatic N) is 2. The average Bonchev–Trinajstić information content (AvgIpc) is 2.67. The van der Waals surface area contributed by atoms with Crippen LogP contribution in [0.2, 0.25) is 0 Å². The van der Waals surface area contributed by atoms with Crippen LogP contribution in [0.25, 0.3) is 0 Å². The molecule has 2 aromatic carbocycles. The molecule has 0 aliphatic heterocycles. The van der Waals surface area contributed by atoms with Gasteiger partial charge in [-0.2, -0.15) is 4.98 Å².